The predicted molar refractivity (Wildman–Crippen MR) is 96.8 cm³/mol. The first-order chi connectivity index (χ1) is 12.0. The zero-order valence-electron chi connectivity index (χ0n) is 15.5. The number of hydrogen-bond donors (Lipinski definition) is 2. The number of hydrogen-bond acceptors (Lipinski definition) is 5. The molecule has 1 unspecified atom stereocenters. The first-order valence-corrected chi connectivity index (χ1v) is 9.00. The third-order valence-corrected chi connectivity index (χ3v) is 4.54. The van der Waals surface area contributed by atoms with Crippen LogP contribution in [0, 0.1) is 5.92 Å². The third-order valence-electron chi connectivity index (χ3n) is 4.54. The normalized spacial score (nSPS) is 17.2. The van der Waals surface area contributed by atoms with Gasteiger partial charge >= 0.3 is 0 Å². The zero-order valence-corrected chi connectivity index (χ0v) is 15.5. The van der Waals surface area contributed by atoms with Crippen LogP contribution in [0.5, 0.6) is 11.5 Å². The Kier molecular flexibility index (Phi) is 7.52. The van der Waals surface area contributed by atoms with E-state index in [0.29, 0.717) is 25.5 Å². The fraction of sp³-hybridized carbons (Fsp3) is 0.632. The zero-order chi connectivity index (χ0) is 18.2. The molecule has 1 amide bonds. The minimum absolute atomic E-state index is 0.0359. The van der Waals surface area contributed by atoms with Crippen molar-refractivity contribution in [3.63, 3.8) is 0 Å². The van der Waals surface area contributed by atoms with E-state index in [4.69, 9.17) is 9.47 Å². The molecule has 1 fully saturated rings. The lowest BCUT2D eigenvalue weighted by atomic mass is 9.95. The van der Waals surface area contributed by atoms with Crippen LogP contribution in [0.3, 0.4) is 0 Å². The number of methoxy groups -OCH3 is 1. The molecule has 0 spiro atoms. The third kappa shape index (κ3) is 5.61. The molecule has 1 aromatic carbocycles. The van der Waals surface area contributed by atoms with Crippen molar-refractivity contribution >= 4 is 5.91 Å². The maximum Gasteiger partial charge on any atom is 0.223 e. The van der Waals surface area contributed by atoms with Crippen molar-refractivity contribution in [3.05, 3.63) is 23.8 Å². The summed E-state index contributed by atoms with van der Waals surface area (Å²) >= 11 is 0. The summed E-state index contributed by atoms with van der Waals surface area (Å²) in [7, 11) is 1.64. The maximum absolute atomic E-state index is 12.3. The Bertz CT molecular complexity index is 556. The van der Waals surface area contributed by atoms with Gasteiger partial charge in [-0.25, -0.2) is 0 Å². The summed E-state index contributed by atoms with van der Waals surface area (Å²) in [6, 6.07) is 5.63. The summed E-state index contributed by atoms with van der Waals surface area (Å²) in [4.78, 5) is 14.5. The van der Waals surface area contributed by atoms with Crippen LogP contribution in [-0.4, -0.2) is 55.4 Å². The Morgan fingerprint density at radius 2 is 2.12 bits per heavy atom. The van der Waals surface area contributed by atoms with Crippen LogP contribution < -0.4 is 10.1 Å². The Hall–Kier alpha value is -1.79. The lowest BCUT2D eigenvalue weighted by Crippen LogP contribution is -2.44. The molecule has 0 aromatic heterocycles. The fourth-order valence-corrected chi connectivity index (χ4v) is 3.21. The van der Waals surface area contributed by atoms with E-state index >= 15 is 0 Å². The van der Waals surface area contributed by atoms with Gasteiger partial charge in [0.05, 0.1) is 13.2 Å². The standard InChI is InChI=1S/C19H30N2O4/c1-4-25-17-7-5-6-16(18(17)22)12-21-10-8-15(9-11-21)19(23)20-14(2)13-24-3/h5-7,14-15,22H,4,8-13H2,1-3H3,(H,20,23). The average molecular weight is 350 g/mol. The van der Waals surface area contributed by atoms with Crippen LogP contribution in [0.4, 0.5) is 0 Å². The van der Waals surface area contributed by atoms with E-state index in [1.54, 1.807) is 13.2 Å². The van der Waals surface area contributed by atoms with E-state index in [1.807, 2.05) is 26.0 Å². The molecule has 2 rings (SSSR count). The highest BCUT2D eigenvalue weighted by Gasteiger charge is 2.26. The van der Waals surface area contributed by atoms with Crippen molar-refractivity contribution in [2.45, 2.75) is 39.3 Å². The van der Waals surface area contributed by atoms with Crippen molar-refractivity contribution in [2.24, 2.45) is 5.92 Å². The minimum Gasteiger partial charge on any atom is -0.504 e. The molecule has 0 radical (unpaired) electrons. The van der Waals surface area contributed by atoms with Gasteiger partial charge in [0.2, 0.25) is 5.91 Å². The number of amides is 1. The fourth-order valence-electron chi connectivity index (χ4n) is 3.21. The highest BCUT2D eigenvalue weighted by atomic mass is 16.5. The van der Waals surface area contributed by atoms with Gasteiger partial charge in [0.15, 0.2) is 11.5 Å². The number of benzene rings is 1. The summed E-state index contributed by atoms with van der Waals surface area (Å²) < 4.78 is 10.5. The van der Waals surface area contributed by atoms with E-state index in [1.165, 1.54) is 0 Å². The van der Waals surface area contributed by atoms with Crippen LogP contribution in [-0.2, 0) is 16.1 Å². The van der Waals surface area contributed by atoms with Crippen molar-refractivity contribution in [3.8, 4) is 11.5 Å². The second-order valence-corrected chi connectivity index (χ2v) is 6.61. The van der Waals surface area contributed by atoms with Gasteiger partial charge in [-0.15, -0.1) is 0 Å². The summed E-state index contributed by atoms with van der Waals surface area (Å²) in [6.07, 6.45) is 1.66. The molecule has 0 bridgehead atoms. The van der Waals surface area contributed by atoms with Crippen LogP contribution in [0.2, 0.25) is 0 Å². The average Bonchev–Trinajstić information content (AvgIpc) is 2.59. The van der Waals surface area contributed by atoms with Crippen LogP contribution in [0.15, 0.2) is 18.2 Å². The second kappa shape index (κ2) is 9.63. The number of likely N-dealkylation sites (tertiary alicyclic amines) is 1. The molecule has 1 heterocycles. The molecule has 1 saturated heterocycles. The number of nitrogens with zero attached hydrogens (tertiary/aromatic N) is 1. The van der Waals surface area contributed by atoms with E-state index in [-0.39, 0.29) is 23.6 Å². The largest absolute Gasteiger partial charge is 0.504 e. The molecule has 1 aromatic rings. The number of carbonyl (C=O) groups is 1. The van der Waals surface area contributed by atoms with Crippen molar-refractivity contribution in [1.82, 2.24) is 10.2 Å². The van der Waals surface area contributed by atoms with Crippen LogP contribution >= 0.6 is 0 Å². The number of phenols is 1. The van der Waals surface area contributed by atoms with Gasteiger partial charge in [0.25, 0.3) is 0 Å². The highest BCUT2D eigenvalue weighted by Crippen LogP contribution is 2.31. The molecule has 6 heteroatoms. The molecule has 1 atom stereocenters. The first-order valence-electron chi connectivity index (χ1n) is 9.00. The molecule has 140 valence electrons. The topological polar surface area (TPSA) is 71.0 Å². The van der Waals surface area contributed by atoms with Gasteiger partial charge in [-0.1, -0.05) is 12.1 Å². The lowest BCUT2D eigenvalue weighted by Gasteiger charge is -2.32. The van der Waals surface area contributed by atoms with Gasteiger partial charge < -0.3 is 19.9 Å². The molecule has 0 aliphatic carbocycles. The Labute approximate surface area is 150 Å². The molecule has 1 aliphatic rings. The number of para-hydroxylation sites is 1. The molecule has 0 saturated carbocycles. The lowest BCUT2D eigenvalue weighted by molar-refractivity contribution is -0.127. The Morgan fingerprint density at radius 1 is 1.40 bits per heavy atom. The molecule has 6 nitrogen and oxygen atoms in total. The number of phenolic OH excluding ortho intramolecular Hbond substituents is 1. The molecular formula is C19H30N2O4. The Balaban J connectivity index is 1.84. The number of nitrogens with one attached hydrogen (secondary N) is 1. The summed E-state index contributed by atoms with van der Waals surface area (Å²) in [5, 5.41) is 13.3. The van der Waals surface area contributed by atoms with Crippen molar-refractivity contribution in [2.75, 3.05) is 33.4 Å². The molecule has 1 aliphatic heterocycles. The first kappa shape index (κ1) is 19.5. The van der Waals surface area contributed by atoms with E-state index in [9.17, 15) is 9.90 Å². The summed E-state index contributed by atoms with van der Waals surface area (Å²) in [5.74, 6) is 0.920. The Morgan fingerprint density at radius 3 is 2.76 bits per heavy atom. The maximum atomic E-state index is 12.3. The number of rotatable bonds is 8. The van der Waals surface area contributed by atoms with Gasteiger partial charge in [-0.05, 0) is 45.8 Å². The monoisotopic (exact) mass is 350 g/mol. The molecule has 2 N–H and O–H groups in total. The quantitative estimate of drug-likeness (QED) is 0.752. The van der Waals surface area contributed by atoms with Gasteiger partial charge in [0, 0.05) is 31.2 Å². The smallest absolute Gasteiger partial charge is 0.223 e. The van der Waals surface area contributed by atoms with Crippen LogP contribution in [0.1, 0.15) is 32.3 Å². The molecular weight excluding hydrogens is 320 g/mol. The summed E-state index contributed by atoms with van der Waals surface area (Å²) in [6.45, 7) is 7.25. The van der Waals surface area contributed by atoms with Gasteiger partial charge in [-0.3, -0.25) is 9.69 Å². The van der Waals surface area contributed by atoms with Gasteiger partial charge in [-0.2, -0.15) is 0 Å². The van der Waals surface area contributed by atoms with E-state index in [2.05, 4.69) is 10.2 Å². The number of aromatic hydroxyl groups is 1. The van der Waals surface area contributed by atoms with Crippen molar-refractivity contribution < 1.29 is 19.4 Å². The summed E-state index contributed by atoms with van der Waals surface area (Å²) in [5.41, 5.74) is 0.863. The number of ether oxygens (including phenoxy) is 2. The SMILES string of the molecule is CCOc1cccc(CN2CCC(C(=O)NC(C)COC)CC2)c1O. The van der Waals surface area contributed by atoms with E-state index < -0.39 is 0 Å². The predicted octanol–water partition coefficient (Wildman–Crippen LogP) is 2.15. The van der Waals surface area contributed by atoms with E-state index in [0.717, 1.165) is 31.5 Å². The molecule has 25 heavy (non-hydrogen) atoms. The highest BCUT2D eigenvalue weighted by molar-refractivity contribution is 5.79. The number of carbonyl (C=O) groups excluding carboxylic acids is 1. The van der Waals surface area contributed by atoms with Gasteiger partial charge in [0.1, 0.15) is 0 Å². The number of piperidine rings is 1. The minimum atomic E-state index is 0.0359. The van der Waals surface area contributed by atoms with Crippen molar-refractivity contribution in [1.29, 1.82) is 0 Å². The second-order valence-electron chi connectivity index (χ2n) is 6.61. The van der Waals surface area contributed by atoms with Crippen LogP contribution in [0.25, 0.3) is 0 Å².